The Labute approximate surface area is 124 Å². The zero-order valence-corrected chi connectivity index (χ0v) is 13.8. The molecule has 1 aromatic rings. The van der Waals surface area contributed by atoms with E-state index in [9.17, 15) is 0 Å². The molecule has 19 heavy (non-hydrogen) atoms. The Bertz CT molecular complexity index is 365. The Morgan fingerprint density at radius 3 is 2.42 bits per heavy atom. The number of hydrogen-bond donors (Lipinski definition) is 1. The van der Waals surface area contributed by atoms with E-state index in [2.05, 4.69) is 47.2 Å². The highest BCUT2D eigenvalue weighted by atomic mass is 79.9. The fourth-order valence-corrected chi connectivity index (χ4v) is 1.95. The van der Waals surface area contributed by atoms with E-state index in [0.717, 1.165) is 17.4 Å². The van der Waals surface area contributed by atoms with Crippen molar-refractivity contribution in [2.45, 2.75) is 32.0 Å². The monoisotopic (exact) mass is 329 g/mol. The van der Waals surface area contributed by atoms with Gasteiger partial charge in [-0.3, -0.25) is 0 Å². The predicted octanol–water partition coefficient (Wildman–Crippen LogP) is 3.54. The van der Waals surface area contributed by atoms with Gasteiger partial charge in [0.1, 0.15) is 0 Å². The van der Waals surface area contributed by atoms with Crippen molar-refractivity contribution in [1.29, 1.82) is 0 Å². The minimum Gasteiger partial charge on any atom is -0.379 e. The van der Waals surface area contributed by atoms with Crippen molar-refractivity contribution in [2.24, 2.45) is 0 Å². The van der Waals surface area contributed by atoms with Gasteiger partial charge in [0, 0.05) is 18.1 Å². The van der Waals surface area contributed by atoms with E-state index in [1.165, 1.54) is 5.56 Å². The maximum atomic E-state index is 5.99. The van der Waals surface area contributed by atoms with Crippen LogP contribution >= 0.6 is 15.9 Å². The van der Waals surface area contributed by atoms with Crippen molar-refractivity contribution < 1.29 is 9.47 Å². The van der Waals surface area contributed by atoms with E-state index in [-0.39, 0.29) is 11.7 Å². The first-order valence-corrected chi connectivity index (χ1v) is 7.34. The average Bonchev–Trinajstić information content (AvgIpc) is 2.39. The quantitative estimate of drug-likeness (QED) is 0.791. The summed E-state index contributed by atoms with van der Waals surface area (Å²) in [5, 5.41) is 3.17. The third kappa shape index (κ3) is 6.04. The molecule has 0 spiro atoms. The molecule has 0 heterocycles. The molecule has 0 bridgehead atoms. The fraction of sp³-hybridized carbons (Fsp3) is 0.600. The highest BCUT2D eigenvalue weighted by molar-refractivity contribution is 9.10. The van der Waals surface area contributed by atoms with Gasteiger partial charge in [-0.2, -0.15) is 0 Å². The highest BCUT2D eigenvalue weighted by Crippen LogP contribution is 2.21. The lowest BCUT2D eigenvalue weighted by Gasteiger charge is -2.25. The van der Waals surface area contributed by atoms with Crippen LogP contribution in [0.2, 0.25) is 0 Å². The van der Waals surface area contributed by atoms with Gasteiger partial charge in [-0.1, -0.05) is 28.1 Å². The van der Waals surface area contributed by atoms with E-state index in [1.807, 2.05) is 19.2 Å². The molecule has 1 aromatic carbocycles. The van der Waals surface area contributed by atoms with Crippen molar-refractivity contribution >= 4 is 15.9 Å². The maximum Gasteiger partial charge on any atom is 0.0949 e. The van der Waals surface area contributed by atoms with Crippen LogP contribution in [0.3, 0.4) is 0 Å². The van der Waals surface area contributed by atoms with Gasteiger partial charge in [0.05, 0.1) is 18.3 Å². The molecule has 0 fully saturated rings. The van der Waals surface area contributed by atoms with Crippen LogP contribution in [0.15, 0.2) is 28.7 Å². The normalized spacial score (nSPS) is 13.5. The molecule has 3 nitrogen and oxygen atoms in total. The van der Waals surface area contributed by atoms with Crippen molar-refractivity contribution in [1.82, 2.24) is 5.32 Å². The SMILES string of the molecule is CNCC(OCCC(C)(C)OC)c1ccc(Br)cc1. The lowest BCUT2D eigenvalue weighted by molar-refractivity contribution is -0.0269. The summed E-state index contributed by atoms with van der Waals surface area (Å²) >= 11 is 3.45. The first kappa shape index (κ1) is 16.6. The van der Waals surface area contributed by atoms with Crippen LogP contribution in [-0.4, -0.2) is 32.9 Å². The van der Waals surface area contributed by atoms with Crippen molar-refractivity contribution in [3.05, 3.63) is 34.3 Å². The van der Waals surface area contributed by atoms with Gasteiger partial charge in [-0.25, -0.2) is 0 Å². The number of methoxy groups -OCH3 is 1. The second-order valence-electron chi connectivity index (χ2n) is 5.18. The molecule has 0 aliphatic carbocycles. The van der Waals surface area contributed by atoms with Gasteiger partial charge in [0.2, 0.25) is 0 Å². The minimum atomic E-state index is -0.135. The van der Waals surface area contributed by atoms with E-state index in [1.54, 1.807) is 7.11 Å². The summed E-state index contributed by atoms with van der Waals surface area (Å²) in [6, 6.07) is 8.27. The zero-order chi connectivity index (χ0) is 14.3. The van der Waals surface area contributed by atoms with Crippen LogP contribution in [-0.2, 0) is 9.47 Å². The van der Waals surface area contributed by atoms with Crippen molar-refractivity contribution in [3.8, 4) is 0 Å². The van der Waals surface area contributed by atoms with Crippen LogP contribution in [0.5, 0.6) is 0 Å². The summed E-state index contributed by atoms with van der Waals surface area (Å²) in [6.45, 7) is 5.63. The molecule has 0 saturated heterocycles. The standard InChI is InChI=1S/C15H24BrNO2/c1-15(2,18-4)9-10-19-14(11-17-3)12-5-7-13(16)8-6-12/h5-8,14,17H,9-11H2,1-4H3. The Morgan fingerprint density at radius 1 is 1.26 bits per heavy atom. The van der Waals surface area contributed by atoms with E-state index < -0.39 is 0 Å². The molecular weight excluding hydrogens is 306 g/mol. The molecule has 0 aromatic heterocycles. The second kappa shape index (κ2) is 8.00. The van der Waals surface area contributed by atoms with Crippen LogP contribution in [0, 0.1) is 0 Å². The van der Waals surface area contributed by atoms with E-state index in [0.29, 0.717) is 6.61 Å². The maximum absolute atomic E-state index is 5.99. The van der Waals surface area contributed by atoms with Crippen LogP contribution in [0.4, 0.5) is 0 Å². The van der Waals surface area contributed by atoms with Crippen LogP contribution in [0.1, 0.15) is 31.9 Å². The van der Waals surface area contributed by atoms with Gasteiger partial charge in [-0.05, 0) is 45.0 Å². The Balaban J connectivity index is 2.56. The minimum absolute atomic E-state index is 0.0748. The fourth-order valence-electron chi connectivity index (χ4n) is 1.68. The highest BCUT2D eigenvalue weighted by Gasteiger charge is 2.18. The molecule has 0 aliphatic rings. The molecule has 0 saturated carbocycles. The van der Waals surface area contributed by atoms with Gasteiger partial charge in [0.15, 0.2) is 0 Å². The summed E-state index contributed by atoms with van der Waals surface area (Å²) in [6.07, 6.45) is 0.950. The first-order chi connectivity index (χ1) is 8.98. The summed E-state index contributed by atoms with van der Waals surface area (Å²) in [5.74, 6) is 0. The Kier molecular flexibility index (Phi) is 7.00. The summed E-state index contributed by atoms with van der Waals surface area (Å²) in [7, 11) is 3.67. The summed E-state index contributed by atoms with van der Waals surface area (Å²) in [4.78, 5) is 0. The van der Waals surface area contributed by atoms with Crippen LogP contribution < -0.4 is 5.32 Å². The smallest absolute Gasteiger partial charge is 0.0949 e. The number of benzene rings is 1. The molecular formula is C15H24BrNO2. The summed E-state index contributed by atoms with van der Waals surface area (Å²) < 4.78 is 12.5. The molecule has 4 heteroatoms. The number of halogens is 1. The largest absolute Gasteiger partial charge is 0.379 e. The number of likely N-dealkylation sites (N-methyl/N-ethyl adjacent to an activating group) is 1. The predicted molar refractivity (Wildman–Crippen MR) is 82.5 cm³/mol. The van der Waals surface area contributed by atoms with Gasteiger partial charge in [-0.15, -0.1) is 0 Å². The number of rotatable bonds is 8. The molecule has 1 N–H and O–H groups in total. The molecule has 1 unspecified atom stereocenters. The van der Waals surface area contributed by atoms with Crippen LogP contribution in [0.25, 0.3) is 0 Å². The molecule has 0 radical (unpaired) electrons. The molecule has 108 valence electrons. The zero-order valence-electron chi connectivity index (χ0n) is 12.2. The number of hydrogen-bond acceptors (Lipinski definition) is 3. The summed E-state index contributed by atoms with van der Waals surface area (Å²) in [5.41, 5.74) is 1.05. The van der Waals surface area contributed by atoms with Gasteiger partial charge < -0.3 is 14.8 Å². The second-order valence-corrected chi connectivity index (χ2v) is 6.10. The third-order valence-electron chi connectivity index (χ3n) is 3.21. The molecule has 0 aliphatic heterocycles. The Morgan fingerprint density at radius 2 is 1.89 bits per heavy atom. The lowest BCUT2D eigenvalue weighted by Crippen LogP contribution is -2.26. The van der Waals surface area contributed by atoms with E-state index >= 15 is 0 Å². The molecule has 0 amide bonds. The molecule has 1 rings (SSSR count). The Hall–Kier alpha value is -0.420. The molecule has 1 atom stereocenters. The number of ether oxygens (including phenoxy) is 2. The number of nitrogens with one attached hydrogen (secondary N) is 1. The third-order valence-corrected chi connectivity index (χ3v) is 3.74. The first-order valence-electron chi connectivity index (χ1n) is 6.55. The van der Waals surface area contributed by atoms with Crippen molar-refractivity contribution in [3.63, 3.8) is 0 Å². The van der Waals surface area contributed by atoms with E-state index in [4.69, 9.17) is 9.47 Å². The van der Waals surface area contributed by atoms with Gasteiger partial charge in [0.25, 0.3) is 0 Å². The lowest BCUT2D eigenvalue weighted by atomic mass is 10.1. The average molecular weight is 330 g/mol. The van der Waals surface area contributed by atoms with Crippen molar-refractivity contribution in [2.75, 3.05) is 27.3 Å². The topological polar surface area (TPSA) is 30.5 Å². The van der Waals surface area contributed by atoms with Gasteiger partial charge >= 0.3 is 0 Å².